The normalized spacial score (nSPS) is 18.5. The molecule has 0 bridgehead atoms. The molecule has 2 aliphatic rings. The molecule has 2 N–H and O–H groups in total. The number of nitrogens with two attached hydrogens (primary N) is 1. The van der Waals surface area contributed by atoms with Gasteiger partial charge in [-0.15, -0.1) is 24.0 Å². The van der Waals surface area contributed by atoms with Gasteiger partial charge in [0.15, 0.2) is 17.5 Å². The Hall–Kier alpha value is -1.18. The fourth-order valence-corrected chi connectivity index (χ4v) is 3.03. The lowest BCUT2D eigenvalue weighted by Gasteiger charge is -2.32. The number of benzene rings is 1. The van der Waals surface area contributed by atoms with E-state index in [-0.39, 0.29) is 29.4 Å². The number of guanidine groups is 1. The molecule has 6 heteroatoms. The first-order valence-electron chi connectivity index (χ1n) is 8.41. The van der Waals surface area contributed by atoms with Crippen LogP contribution in [0.1, 0.15) is 39.2 Å². The van der Waals surface area contributed by atoms with Crippen molar-refractivity contribution in [1.82, 2.24) is 4.90 Å². The van der Waals surface area contributed by atoms with Crippen molar-refractivity contribution in [3.8, 4) is 11.5 Å². The van der Waals surface area contributed by atoms with E-state index in [4.69, 9.17) is 15.2 Å². The average molecular weight is 445 g/mol. The van der Waals surface area contributed by atoms with E-state index in [1.807, 2.05) is 6.07 Å². The summed E-state index contributed by atoms with van der Waals surface area (Å²) in [7, 11) is 0. The van der Waals surface area contributed by atoms with Crippen LogP contribution < -0.4 is 15.2 Å². The number of ether oxygens (including phenoxy) is 2. The lowest BCUT2D eigenvalue weighted by molar-refractivity contribution is 0.174. The molecule has 1 aromatic carbocycles. The summed E-state index contributed by atoms with van der Waals surface area (Å²) >= 11 is 0. The predicted octanol–water partition coefficient (Wildman–Crippen LogP) is 3.36. The van der Waals surface area contributed by atoms with E-state index < -0.39 is 0 Å². The van der Waals surface area contributed by atoms with Gasteiger partial charge in [0.05, 0.1) is 6.54 Å². The highest BCUT2D eigenvalue weighted by molar-refractivity contribution is 14.0. The van der Waals surface area contributed by atoms with Gasteiger partial charge in [0.2, 0.25) is 6.79 Å². The lowest BCUT2D eigenvalue weighted by atomic mass is 9.84. The van der Waals surface area contributed by atoms with Crippen LogP contribution in [0.2, 0.25) is 0 Å². The lowest BCUT2D eigenvalue weighted by Crippen LogP contribution is -2.43. The van der Waals surface area contributed by atoms with Crippen LogP contribution >= 0.6 is 24.0 Å². The molecule has 2 aliphatic heterocycles. The first-order valence-corrected chi connectivity index (χ1v) is 8.41. The molecule has 0 aliphatic carbocycles. The Kier molecular flexibility index (Phi) is 6.22. The highest BCUT2D eigenvalue weighted by atomic mass is 127. The SMILES string of the molecule is CC1CCN(C(N)=NCC(C)(C)c2ccc3c(c2)OCO3)CC1.I. The predicted molar refractivity (Wildman–Crippen MR) is 107 cm³/mol. The van der Waals surface area contributed by atoms with Gasteiger partial charge in [-0.3, -0.25) is 4.99 Å². The molecular formula is C18H28IN3O2. The Morgan fingerprint density at radius 1 is 1.25 bits per heavy atom. The molecule has 0 atom stereocenters. The van der Waals surface area contributed by atoms with E-state index >= 15 is 0 Å². The maximum absolute atomic E-state index is 6.20. The van der Waals surface area contributed by atoms with Crippen LogP contribution in [0.25, 0.3) is 0 Å². The molecule has 0 amide bonds. The van der Waals surface area contributed by atoms with E-state index in [9.17, 15) is 0 Å². The molecule has 24 heavy (non-hydrogen) atoms. The third-order valence-electron chi connectivity index (χ3n) is 4.90. The molecule has 2 heterocycles. The van der Waals surface area contributed by atoms with Crippen LogP contribution in [-0.2, 0) is 5.41 Å². The number of halogens is 1. The van der Waals surface area contributed by atoms with Crippen LogP contribution in [0.5, 0.6) is 11.5 Å². The van der Waals surface area contributed by atoms with Crippen molar-refractivity contribution < 1.29 is 9.47 Å². The van der Waals surface area contributed by atoms with Gasteiger partial charge >= 0.3 is 0 Å². The largest absolute Gasteiger partial charge is 0.454 e. The van der Waals surface area contributed by atoms with Gasteiger partial charge in [-0.2, -0.15) is 0 Å². The summed E-state index contributed by atoms with van der Waals surface area (Å²) in [5.74, 6) is 3.10. The van der Waals surface area contributed by atoms with Gasteiger partial charge in [-0.25, -0.2) is 0 Å². The zero-order chi connectivity index (χ0) is 16.4. The van der Waals surface area contributed by atoms with Crippen molar-refractivity contribution in [2.24, 2.45) is 16.6 Å². The van der Waals surface area contributed by atoms with Crippen molar-refractivity contribution in [3.63, 3.8) is 0 Å². The fourth-order valence-electron chi connectivity index (χ4n) is 3.03. The Balaban J connectivity index is 0.00000208. The summed E-state index contributed by atoms with van der Waals surface area (Å²) in [6.07, 6.45) is 2.39. The second-order valence-corrected chi connectivity index (χ2v) is 7.30. The zero-order valence-corrected chi connectivity index (χ0v) is 17.1. The highest BCUT2D eigenvalue weighted by Crippen LogP contribution is 2.36. The number of fused-ring (bicyclic) bond motifs is 1. The first kappa shape index (κ1) is 19.1. The van der Waals surface area contributed by atoms with Gasteiger partial charge in [0, 0.05) is 18.5 Å². The molecule has 134 valence electrons. The summed E-state index contributed by atoms with van der Waals surface area (Å²) < 4.78 is 10.8. The van der Waals surface area contributed by atoms with Crippen LogP contribution in [0.15, 0.2) is 23.2 Å². The van der Waals surface area contributed by atoms with Crippen molar-refractivity contribution in [1.29, 1.82) is 0 Å². The molecule has 1 saturated heterocycles. The highest BCUT2D eigenvalue weighted by Gasteiger charge is 2.25. The zero-order valence-electron chi connectivity index (χ0n) is 14.7. The third kappa shape index (κ3) is 4.26. The molecule has 0 saturated carbocycles. The third-order valence-corrected chi connectivity index (χ3v) is 4.90. The van der Waals surface area contributed by atoms with E-state index in [1.165, 1.54) is 18.4 Å². The molecule has 3 rings (SSSR count). The van der Waals surface area contributed by atoms with E-state index in [1.54, 1.807) is 0 Å². The number of piperidine rings is 1. The molecule has 1 fully saturated rings. The van der Waals surface area contributed by atoms with Gasteiger partial charge in [0.25, 0.3) is 0 Å². The molecule has 0 unspecified atom stereocenters. The minimum atomic E-state index is -0.103. The van der Waals surface area contributed by atoms with Crippen LogP contribution in [0.3, 0.4) is 0 Å². The summed E-state index contributed by atoms with van der Waals surface area (Å²) in [6.45, 7) is 9.65. The van der Waals surface area contributed by atoms with Gasteiger partial charge in [0.1, 0.15) is 0 Å². The summed E-state index contributed by atoms with van der Waals surface area (Å²) in [5.41, 5.74) is 7.28. The number of likely N-dealkylation sites (tertiary alicyclic amines) is 1. The van der Waals surface area contributed by atoms with Crippen LogP contribution in [0, 0.1) is 5.92 Å². The van der Waals surface area contributed by atoms with Crippen LogP contribution in [0.4, 0.5) is 0 Å². The number of hydrogen-bond donors (Lipinski definition) is 1. The molecule has 5 nitrogen and oxygen atoms in total. The van der Waals surface area contributed by atoms with Gasteiger partial charge < -0.3 is 20.1 Å². The minimum Gasteiger partial charge on any atom is -0.454 e. The number of rotatable bonds is 3. The van der Waals surface area contributed by atoms with Crippen LogP contribution in [-0.4, -0.2) is 37.3 Å². The summed E-state index contributed by atoms with van der Waals surface area (Å²) in [6, 6.07) is 6.11. The average Bonchev–Trinajstić information content (AvgIpc) is 3.01. The molecule has 0 radical (unpaired) electrons. The first-order chi connectivity index (χ1) is 11.0. The standard InChI is InChI=1S/C18H27N3O2.HI/c1-13-6-8-21(9-7-13)17(19)20-11-18(2,3)14-4-5-15-16(10-14)23-12-22-15;/h4-5,10,13H,6-9,11-12H2,1-3H3,(H2,19,20);1H. The van der Waals surface area contributed by atoms with Crippen molar-refractivity contribution >= 4 is 29.9 Å². The monoisotopic (exact) mass is 445 g/mol. The fraction of sp³-hybridized carbons (Fsp3) is 0.611. The Morgan fingerprint density at radius 3 is 2.62 bits per heavy atom. The molecule has 0 aromatic heterocycles. The van der Waals surface area contributed by atoms with Gasteiger partial charge in [-0.05, 0) is 36.5 Å². The molecule has 1 aromatic rings. The summed E-state index contributed by atoms with van der Waals surface area (Å²) in [4.78, 5) is 6.87. The topological polar surface area (TPSA) is 60.1 Å². The van der Waals surface area contributed by atoms with E-state index in [0.29, 0.717) is 19.3 Å². The second kappa shape index (κ2) is 7.80. The Bertz CT molecular complexity index is 596. The number of hydrogen-bond acceptors (Lipinski definition) is 3. The maximum Gasteiger partial charge on any atom is 0.231 e. The molecular weight excluding hydrogens is 417 g/mol. The maximum atomic E-state index is 6.20. The Morgan fingerprint density at radius 2 is 1.92 bits per heavy atom. The number of nitrogens with zero attached hydrogens (tertiary/aromatic N) is 2. The van der Waals surface area contributed by atoms with Crippen molar-refractivity contribution in [2.75, 3.05) is 26.4 Å². The minimum absolute atomic E-state index is 0. The Labute approximate surface area is 161 Å². The second-order valence-electron chi connectivity index (χ2n) is 7.30. The quantitative estimate of drug-likeness (QED) is 0.441. The van der Waals surface area contributed by atoms with Crippen molar-refractivity contribution in [2.45, 2.75) is 39.0 Å². The van der Waals surface area contributed by atoms with Gasteiger partial charge in [-0.1, -0.05) is 26.8 Å². The number of aliphatic imine (C=N–C) groups is 1. The van der Waals surface area contributed by atoms with Crippen molar-refractivity contribution in [3.05, 3.63) is 23.8 Å². The van der Waals surface area contributed by atoms with E-state index in [0.717, 1.165) is 30.5 Å². The molecule has 0 spiro atoms. The van der Waals surface area contributed by atoms with E-state index in [2.05, 4.69) is 42.8 Å². The smallest absolute Gasteiger partial charge is 0.231 e. The summed E-state index contributed by atoms with van der Waals surface area (Å²) in [5, 5.41) is 0.